The third kappa shape index (κ3) is 4.10. The van der Waals surface area contributed by atoms with Gasteiger partial charge in [-0.3, -0.25) is 4.79 Å². The summed E-state index contributed by atoms with van der Waals surface area (Å²) >= 11 is 0. The molecular weight excluding hydrogens is 252 g/mol. The summed E-state index contributed by atoms with van der Waals surface area (Å²) in [6.07, 6.45) is 0. The molecule has 0 aliphatic heterocycles. The molecule has 104 valence electrons. The molecule has 1 atom stereocenters. The van der Waals surface area contributed by atoms with Crippen molar-refractivity contribution in [1.29, 1.82) is 0 Å². The molecular formula is C16H18N2O2. The van der Waals surface area contributed by atoms with Gasteiger partial charge in [0.2, 0.25) is 0 Å². The van der Waals surface area contributed by atoms with Crippen molar-refractivity contribution < 1.29 is 9.53 Å². The number of carbonyl (C=O) groups excluding carboxylic acids is 1. The number of nitrogens with one attached hydrogen (secondary N) is 1. The summed E-state index contributed by atoms with van der Waals surface area (Å²) in [7, 11) is 0. The van der Waals surface area contributed by atoms with Crippen LogP contribution in [-0.2, 0) is 4.79 Å². The molecule has 0 saturated carbocycles. The molecule has 2 rings (SSSR count). The predicted octanol–water partition coefficient (Wildman–Crippen LogP) is 1.88. The Bertz CT molecular complexity index is 529. The van der Waals surface area contributed by atoms with Gasteiger partial charge in [0.1, 0.15) is 5.75 Å². The lowest BCUT2D eigenvalue weighted by atomic mass is 10.1. The number of ether oxygens (including phenoxy) is 1. The number of hydrogen-bond acceptors (Lipinski definition) is 3. The van der Waals surface area contributed by atoms with Gasteiger partial charge < -0.3 is 15.8 Å². The number of carbonyl (C=O) groups is 1. The molecule has 3 N–H and O–H groups in total. The number of amides is 1. The molecule has 0 bridgehead atoms. The summed E-state index contributed by atoms with van der Waals surface area (Å²) in [5.41, 5.74) is 6.69. The quantitative estimate of drug-likeness (QED) is 0.842. The first-order valence-corrected chi connectivity index (χ1v) is 6.52. The van der Waals surface area contributed by atoms with E-state index in [1.54, 1.807) is 0 Å². The van der Waals surface area contributed by atoms with E-state index in [0.29, 0.717) is 12.3 Å². The Morgan fingerprint density at radius 2 is 1.65 bits per heavy atom. The van der Waals surface area contributed by atoms with Crippen molar-refractivity contribution >= 4 is 5.91 Å². The second-order valence-corrected chi connectivity index (χ2v) is 4.37. The third-order valence-electron chi connectivity index (χ3n) is 2.89. The standard InChI is InChI=1S/C16H18N2O2/c17-11-15(13-7-3-1-4-8-13)18-16(19)12-20-14-9-5-2-6-10-14/h1-10,15H,11-12,17H2,(H,18,19). The van der Waals surface area contributed by atoms with Gasteiger partial charge >= 0.3 is 0 Å². The van der Waals surface area contributed by atoms with Crippen LogP contribution in [-0.4, -0.2) is 19.1 Å². The largest absolute Gasteiger partial charge is 0.484 e. The average Bonchev–Trinajstić information content (AvgIpc) is 2.52. The van der Waals surface area contributed by atoms with Gasteiger partial charge in [-0.1, -0.05) is 48.5 Å². The maximum Gasteiger partial charge on any atom is 0.258 e. The molecule has 0 heterocycles. The molecule has 0 radical (unpaired) electrons. The summed E-state index contributed by atoms with van der Waals surface area (Å²) in [4.78, 5) is 11.9. The predicted molar refractivity (Wildman–Crippen MR) is 78.3 cm³/mol. The van der Waals surface area contributed by atoms with E-state index in [1.807, 2.05) is 60.7 Å². The van der Waals surface area contributed by atoms with Crippen LogP contribution in [0.3, 0.4) is 0 Å². The molecule has 1 amide bonds. The van der Waals surface area contributed by atoms with Gasteiger partial charge in [0, 0.05) is 6.54 Å². The summed E-state index contributed by atoms with van der Waals surface area (Å²) in [5.74, 6) is 0.486. The minimum atomic E-state index is -0.192. The molecule has 0 aliphatic rings. The van der Waals surface area contributed by atoms with Gasteiger partial charge in [-0.15, -0.1) is 0 Å². The lowest BCUT2D eigenvalue weighted by molar-refractivity contribution is -0.123. The van der Waals surface area contributed by atoms with Crippen LogP contribution in [0.4, 0.5) is 0 Å². The highest BCUT2D eigenvalue weighted by atomic mass is 16.5. The smallest absolute Gasteiger partial charge is 0.258 e. The molecule has 0 spiro atoms. The van der Waals surface area contributed by atoms with Crippen molar-refractivity contribution in [1.82, 2.24) is 5.32 Å². The van der Waals surface area contributed by atoms with Crippen molar-refractivity contribution in [2.24, 2.45) is 5.73 Å². The van der Waals surface area contributed by atoms with Crippen LogP contribution in [0.1, 0.15) is 11.6 Å². The molecule has 4 heteroatoms. The minimum absolute atomic E-state index is 0.0205. The Labute approximate surface area is 118 Å². The minimum Gasteiger partial charge on any atom is -0.484 e. The topological polar surface area (TPSA) is 64.3 Å². The number of para-hydroxylation sites is 1. The highest BCUT2D eigenvalue weighted by Gasteiger charge is 2.12. The first kappa shape index (κ1) is 14.1. The molecule has 0 saturated heterocycles. The van der Waals surface area contributed by atoms with Crippen LogP contribution in [0.25, 0.3) is 0 Å². The average molecular weight is 270 g/mol. The number of benzene rings is 2. The molecule has 0 aromatic heterocycles. The van der Waals surface area contributed by atoms with Gasteiger partial charge in [0.15, 0.2) is 6.61 Å². The van der Waals surface area contributed by atoms with Crippen molar-refractivity contribution in [2.75, 3.05) is 13.2 Å². The fraction of sp³-hybridized carbons (Fsp3) is 0.188. The first-order chi connectivity index (χ1) is 9.79. The van der Waals surface area contributed by atoms with Gasteiger partial charge in [-0.25, -0.2) is 0 Å². The van der Waals surface area contributed by atoms with Crippen LogP contribution < -0.4 is 15.8 Å². The zero-order valence-corrected chi connectivity index (χ0v) is 11.2. The molecule has 1 unspecified atom stereocenters. The van der Waals surface area contributed by atoms with E-state index in [2.05, 4.69) is 5.32 Å². The second kappa shape index (κ2) is 7.31. The van der Waals surface area contributed by atoms with Crippen LogP contribution in [0.2, 0.25) is 0 Å². The van der Waals surface area contributed by atoms with Gasteiger partial charge in [0.25, 0.3) is 5.91 Å². The van der Waals surface area contributed by atoms with Crippen LogP contribution in [0.15, 0.2) is 60.7 Å². The third-order valence-corrected chi connectivity index (χ3v) is 2.89. The number of nitrogens with two attached hydrogens (primary N) is 1. The normalized spacial score (nSPS) is 11.7. The van der Waals surface area contributed by atoms with Gasteiger partial charge in [0.05, 0.1) is 6.04 Å². The Morgan fingerprint density at radius 1 is 1.05 bits per heavy atom. The monoisotopic (exact) mass is 270 g/mol. The molecule has 0 aliphatic carbocycles. The van der Waals surface area contributed by atoms with E-state index in [0.717, 1.165) is 5.56 Å². The Morgan fingerprint density at radius 3 is 2.25 bits per heavy atom. The molecule has 2 aromatic carbocycles. The molecule has 20 heavy (non-hydrogen) atoms. The lowest BCUT2D eigenvalue weighted by Gasteiger charge is -2.17. The molecule has 0 fully saturated rings. The van der Waals surface area contributed by atoms with E-state index in [-0.39, 0.29) is 18.6 Å². The fourth-order valence-corrected chi connectivity index (χ4v) is 1.87. The van der Waals surface area contributed by atoms with Gasteiger partial charge in [-0.05, 0) is 17.7 Å². The van der Waals surface area contributed by atoms with Crippen LogP contribution >= 0.6 is 0 Å². The van der Waals surface area contributed by atoms with E-state index in [9.17, 15) is 4.79 Å². The number of hydrogen-bond donors (Lipinski definition) is 2. The van der Waals surface area contributed by atoms with E-state index < -0.39 is 0 Å². The summed E-state index contributed by atoms with van der Waals surface area (Å²) < 4.78 is 5.40. The Balaban J connectivity index is 1.87. The maximum atomic E-state index is 11.9. The SMILES string of the molecule is NCC(NC(=O)COc1ccccc1)c1ccccc1. The highest BCUT2D eigenvalue weighted by molar-refractivity contribution is 5.78. The second-order valence-electron chi connectivity index (χ2n) is 4.37. The zero-order chi connectivity index (χ0) is 14.2. The Hall–Kier alpha value is -2.33. The zero-order valence-electron chi connectivity index (χ0n) is 11.2. The number of rotatable bonds is 6. The van der Waals surface area contributed by atoms with Crippen molar-refractivity contribution in [3.63, 3.8) is 0 Å². The molecule has 2 aromatic rings. The lowest BCUT2D eigenvalue weighted by Crippen LogP contribution is -2.36. The van der Waals surface area contributed by atoms with Crippen molar-refractivity contribution in [2.45, 2.75) is 6.04 Å². The van der Waals surface area contributed by atoms with Gasteiger partial charge in [-0.2, -0.15) is 0 Å². The highest BCUT2D eigenvalue weighted by Crippen LogP contribution is 2.11. The fourth-order valence-electron chi connectivity index (χ4n) is 1.87. The van der Waals surface area contributed by atoms with Crippen molar-refractivity contribution in [3.8, 4) is 5.75 Å². The maximum absolute atomic E-state index is 11.9. The first-order valence-electron chi connectivity index (χ1n) is 6.52. The summed E-state index contributed by atoms with van der Waals surface area (Å²) in [5, 5.41) is 2.86. The Kier molecular flexibility index (Phi) is 5.15. The molecule has 4 nitrogen and oxygen atoms in total. The summed E-state index contributed by atoms with van der Waals surface area (Å²) in [6.45, 7) is 0.328. The summed E-state index contributed by atoms with van der Waals surface area (Å²) in [6, 6.07) is 18.7. The van der Waals surface area contributed by atoms with E-state index in [4.69, 9.17) is 10.5 Å². The van der Waals surface area contributed by atoms with Crippen LogP contribution in [0.5, 0.6) is 5.75 Å². The van der Waals surface area contributed by atoms with E-state index >= 15 is 0 Å². The van der Waals surface area contributed by atoms with Crippen molar-refractivity contribution in [3.05, 3.63) is 66.2 Å². The van der Waals surface area contributed by atoms with E-state index in [1.165, 1.54) is 0 Å². The van der Waals surface area contributed by atoms with Crippen LogP contribution in [0, 0.1) is 0 Å².